The minimum atomic E-state index is 0.0577. The Balaban J connectivity index is 2.28. The molecule has 0 spiro atoms. The third kappa shape index (κ3) is 3.13. The molecule has 0 unspecified atom stereocenters. The molecule has 0 saturated heterocycles. The van der Waals surface area contributed by atoms with Crippen LogP contribution in [0.3, 0.4) is 0 Å². The van der Waals surface area contributed by atoms with Crippen molar-refractivity contribution in [3.8, 4) is 11.6 Å². The number of aliphatic hydroxyl groups is 1. The summed E-state index contributed by atoms with van der Waals surface area (Å²) < 4.78 is 5.64. The summed E-state index contributed by atoms with van der Waals surface area (Å²) in [6.07, 6.45) is 1.98. The van der Waals surface area contributed by atoms with E-state index in [2.05, 4.69) is 4.98 Å². The van der Waals surface area contributed by atoms with Crippen LogP contribution in [-0.4, -0.2) is 16.7 Å². The van der Waals surface area contributed by atoms with E-state index in [1.54, 1.807) is 12.1 Å². The van der Waals surface area contributed by atoms with Crippen LogP contribution in [0.2, 0.25) is 10.0 Å². The van der Waals surface area contributed by atoms with E-state index in [0.29, 0.717) is 28.1 Å². The molecule has 94 valence electrons. The van der Waals surface area contributed by atoms with Gasteiger partial charge in [0.2, 0.25) is 5.88 Å². The van der Waals surface area contributed by atoms with Gasteiger partial charge in [0.15, 0.2) is 0 Å². The molecule has 2 rings (SSSR count). The number of pyridine rings is 1. The van der Waals surface area contributed by atoms with Crippen LogP contribution in [0.25, 0.3) is 0 Å². The van der Waals surface area contributed by atoms with E-state index in [-0.39, 0.29) is 6.61 Å². The third-order valence-electron chi connectivity index (χ3n) is 2.33. The molecule has 0 atom stereocenters. The molecule has 5 heteroatoms. The summed E-state index contributed by atoms with van der Waals surface area (Å²) in [4.78, 5) is 4.03. The van der Waals surface area contributed by atoms with Crippen molar-refractivity contribution in [1.29, 1.82) is 0 Å². The largest absolute Gasteiger partial charge is 0.437 e. The van der Waals surface area contributed by atoms with E-state index >= 15 is 0 Å². The second-order valence-corrected chi connectivity index (χ2v) is 4.47. The first-order valence-corrected chi connectivity index (χ1v) is 6.14. The predicted octanol–water partition coefficient (Wildman–Crippen LogP) is 3.72. The number of hydrogen-bond donors (Lipinski definition) is 1. The number of aromatic nitrogens is 1. The molecular weight excluding hydrogens is 273 g/mol. The molecule has 18 heavy (non-hydrogen) atoms. The fourth-order valence-corrected chi connectivity index (χ4v) is 1.93. The summed E-state index contributed by atoms with van der Waals surface area (Å²) in [5.41, 5.74) is 0.896. The van der Waals surface area contributed by atoms with Crippen LogP contribution in [0.15, 0.2) is 36.5 Å². The Kier molecular flexibility index (Phi) is 4.42. The molecule has 0 aliphatic rings. The molecule has 1 N–H and O–H groups in total. The Hall–Kier alpha value is -1.29. The lowest BCUT2D eigenvalue weighted by molar-refractivity contribution is 0.297. The van der Waals surface area contributed by atoms with Crippen molar-refractivity contribution >= 4 is 23.2 Å². The Bertz CT molecular complexity index is 546. The summed E-state index contributed by atoms with van der Waals surface area (Å²) in [5.74, 6) is 0.926. The van der Waals surface area contributed by atoms with Crippen LogP contribution in [0, 0.1) is 0 Å². The highest BCUT2D eigenvalue weighted by Gasteiger charge is 2.08. The second kappa shape index (κ2) is 6.05. The highest BCUT2D eigenvalue weighted by Crippen LogP contribution is 2.30. The minimum Gasteiger partial charge on any atom is -0.437 e. The Morgan fingerprint density at radius 2 is 2.00 bits per heavy atom. The second-order valence-electron chi connectivity index (χ2n) is 3.62. The number of para-hydroxylation sites is 1. The SMILES string of the molecule is OCCc1ccccc1Oc1ncc(Cl)cc1Cl. The lowest BCUT2D eigenvalue weighted by Gasteiger charge is -2.10. The van der Waals surface area contributed by atoms with E-state index in [0.717, 1.165) is 5.56 Å². The molecule has 2 aromatic rings. The zero-order valence-corrected chi connectivity index (χ0v) is 10.9. The first-order valence-electron chi connectivity index (χ1n) is 5.38. The van der Waals surface area contributed by atoms with Crippen LogP contribution in [0.5, 0.6) is 11.6 Å². The summed E-state index contributed by atoms with van der Waals surface area (Å²) in [7, 11) is 0. The van der Waals surface area contributed by atoms with Gasteiger partial charge in [-0.1, -0.05) is 41.4 Å². The van der Waals surface area contributed by atoms with E-state index in [4.69, 9.17) is 33.0 Å². The van der Waals surface area contributed by atoms with Gasteiger partial charge in [0.05, 0.1) is 5.02 Å². The maximum atomic E-state index is 8.99. The quantitative estimate of drug-likeness (QED) is 0.930. The monoisotopic (exact) mass is 283 g/mol. The molecule has 1 aromatic carbocycles. The lowest BCUT2D eigenvalue weighted by atomic mass is 10.1. The molecule has 1 heterocycles. The topological polar surface area (TPSA) is 42.4 Å². The van der Waals surface area contributed by atoms with Crippen molar-refractivity contribution in [2.24, 2.45) is 0 Å². The first kappa shape index (κ1) is 13.1. The zero-order valence-electron chi connectivity index (χ0n) is 9.44. The van der Waals surface area contributed by atoms with Gasteiger partial charge >= 0.3 is 0 Å². The van der Waals surface area contributed by atoms with Crippen molar-refractivity contribution in [1.82, 2.24) is 4.98 Å². The summed E-state index contributed by atoms with van der Waals surface area (Å²) in [5, 5.41) is 9.79. The van der Waals surface area contributed by atoms with Crippen LogP contribution in [-0.2, 0) is 6.42 Å². The molecule has 0 fully saturated rings. The molecule has 3 nitrogen and oxygen atoms in total. The van der Waals surface area contributed by atoms with Gasteiger partial charge in [0, 0.05) is 12.8 Å². The van der Waals surface area contributed by atoms with Crippen LogP contribution in [0.1, 0.15) is 5.56 Å². The van der Waals surface area contributed by atoms with Crippen LogP contribution in [0.4, 0.5) is 0 Å². The smallest absolute Gasteiger partial charge is 0.238 e. The highest BCUT2D eigenvalue weighted by molar-refractivity contribution is 6.35. The average molecular weight is 284 g/mol. The van der Waals surface area contributed by atoms with Crippen molar-refractivity contribution in [3.05, 3.63) is 52.1 Å². The molecule has 0 aliphatic carbocycles. The molecular formula is C13H11Cl2NO2. The normalized spacial score (nSPS) is 10.4. The number of hydrogen-bond acceptors (Lipinski definition) is 3. The third-order valence-corrected chi connectivity index (χ3v) is 2.81. The molecule has 0 aliphatic heterocycles. The molecule has 0 amide bonds. The molecule has 0 radical (unpaired) electrons. The predicted molar refractivity (Wildman–Crippen MR) is 71.6 cm³/mol. The standard InChI is InChI=1S/C13H11Cl2NO2/c14-10-7-11(15)13(16-8-10)18-12-4-2-1-3-9(12)5-6-17/h1-4,7-8,17H,5-6H2. The Morgan fingerprint density at radius 3 is 2.72 bits per heavy atom. The summed E-state index contributed by atoms with van der Waals surface area (Å²) in [6.45, 7) is 0.0577. The van der Waals surface area contributed by atoms with Gasteiger partial charge < -0.3 is 9.84 Å². The van der Waals surface area contributed by atoms with Gasteiger partial charge in [0.1, 0.15) is 10.8 Å². The minimum absolute atomic E-state index is 0.0577. The van der Waals surface area contributed by atoms with E-state index in [1.807, 2.05) is 18.2 Å². The van der Waals surface area contributed by atoms with E-state index in [1.165, 1.54) is 6.20 Å². The molecule has 0 bridgehead atoms. The first-order chi connectivity index (χ1) is 8.70. The van der Waals surface area contributed by atoms with Crippen molar-refractivity contribution < 1.29 is 9.84 Å². The van der Waals surface area contributed by atoms with Crippen molar-refractivity contribution in [2.45, 2.75) is 6.42 Å². The van der Waals surface area contributed by atoms with Gasteiger partial charge in [-0.3, -0.25) is 0 Å². The highest BCUT2D eigenvalue weighted by atomic mass is 35.5. The van der Waals surface area contributed by atoms with Gasteiger partial charge in [-0.25, -0.2) is 4.98 Å². The number of ether oxygens (including phenoxy) is 1. The fourth-order valence-electron chi connectivity index (χ4n) is 1.51. The molecule has 0 saturated carbocycles. The number of halogens is 2. The average Bonchev–Trinajstić information content (AvgIpc) is 2.35. The lowest BCUT2D eigenvalue weighted by Crippen LogP contribution is -1.96. The van der Waals surface area contributed by atoms with Gasteiger partial charge in [-0.15, -0.1) is 0 Å². The number of rotatable bonds is 4. The van der Waals surface area contributed by atoms with Gasteiger partial charge in [-0.2, -0.15) is 0 Å². The maximum absolute atomic E-state index is 8.99. The zero-order chi connectivity index (χ0) is 13.0. The van der Waals surface area contributed by atoms with Gasteiger partial charge in [-0.05, 0) is 24.1 Å². The van der Waals surface area contributed by atoms with Crippen LogP contribution >= 0.6 is 23.2 Å². The number of aliphatic hydroxyl groups excluding tert-OH is 1. The Labute approximate surface area is 115 Å². The van der Waals surface area contributed by atoms with Crippen LogP contribution < -0.4 is 4.74 Å². The molecule has 1 aromatic heterocycles. The van der Waals surface area contributed by atoms with Crippen molar-refractivity contribution in [3.63, 3.8) is 0 Å². The number of benzene rings is 1. The summed E-state index contributed by atoms with van der Waals surface area (Å²) >= 11 is 11.8. The Morgan fingerprint density at radius 1 is 1.22 bits per heavy atom. The van der Waals surface area contributed by atoms with E-state index < -0.39 is 0 Å². The number of nitrogens with zero attached hydrogens (tertiary/aromatic N) is 1. The summed E-state index contributed by atoms with van der Waals surface area (Å²) in [6, 6.07) is 8.99. The van der Waals surface area contributed by atoms with E-state index in [9.17, 15) is 0 Å². The van der Waals surface area contributed by atoms with Gasteiger partial charge in [0.25, 0.3) is 0 Å². The maximum Gasteiger partial charge on any atom is 0.238 e. The fraction of sp³-hybridized carbons (Fsp3) is 0.154. The van der Waals surface area contributed by atoms with Crippen molar-refractivity contribution in [2.75, 3.05) is 6.61 Å².